The van der Waals surface area contributed by atoms with E-state index in [-0.39, 0.29) is 17.0 Å². The predicted molar refractivity (Wildman–Crippen MR) is 70.0 cm³/mol. The van der Waals surface area contributed by atoms with Gasteiger partial charge < -0.3 is 10.1 Å². The Hall–Kier alpha value is -1.50. The Bertz CT molecular complexity index is 455. The molecule has 0 radical (unpaired) electrons. The molecule has 2 amide bonds. The lowest BCUT2D eigenvalue weighted by molar-refractivity contribution is -0.158. The van der Waals surface area contributed by atoms with Crippen molar-refractivity contribution in [2.75, 3.05) is 5.75 Å². The van der Waals surface area contributed by atoms with Crippen molar-refractivity contribution in [3.63, 3.8) is 0 Å². The highest BCUT2D eigenvalue weighted by Gasteiger charge is 2.52. The van der Waals surface area contributed by atoms with E-state index in [4.69, 9.17) is 4.74 Å². The van der Waals surface area contributed by atoms with Gasteiger partial charge in [0.05, 0.1) is 0 Å². The van der Waals surface area contributed by atoms with Crippen molar-refractivity contribution in [1.82, 2.24) is 10.2 Å². The van der Waals surface area contributed by atoms with Crippen molar-refractivity contribution in [2.45, 2.75) is 37.8 Å². The van der Waals surface area contributed by atoms with E-state index < -0.39 is 17.6 Å². The van der Waals surface area contributed by atoms with Crippen LogP contribution in [0, 0.1) is 0 Å². The quantitative estimate of drug-likeness (QED) is 0.456. The largest absolute Gasteiger partial charge is 0.455 e. The van der Waals surface area contributed by atoms with Crippen LogP contribution >= 0.6 is 11.8 Å². The molecule has 2 atom stereocenters. The predicted octanol–water partition coefficient (Wildman–Crippen LogP) is 0.242. The van der Waals surface area contributed by atoms with Crippen molar-refractivity contribution in [3.05, 3.63) is 11.8 Å². The zero-order valence-electron chi connectivity index (χ0n) is 11.0. The molecule has 1 N–H and O–H groups in total. The highest BCUT2D eigenvalue weighted by Crippen LogP contribution is 2.37. The molecule has 7 heteroatoms. The summed E-state index contributed by atoms with van der Waals surface area (Å²) in [4.78, 5) is 35.8. The molecule has 1 saturated heterocycles. The van der Waals surface area contributed by atoms with Crippen molar-refractivity contribution in [3.8, 4) is 0 Å². The van der Waals surface area contributed by atoms with E-state index in [2.05, 4.69) is 5.32 Å². The Morgan fingerprint density at radius 1 is 1.58 bits per heavy atom. The summed E-state index contributed by atoms with van der Waals surface area (Å²) in [7, 11) is 0. The topological polar surface area (TPSA) is 75.7 Å². The second kappa shape index (κ2) is 4.88. The average Bonchev–Trinajstić information content (AvgIpc) is 2.32. The molecule has 6 nitrogen and oxygen atoms in total. The van der Waals surface area contributed by atoms with Crippen LogP contribution in [0.2, 0.25) is 0 Å². The summed E-state index contributed by atoms with van der Waals surface area (Å²) in [5.41, 5.74) is -0.334. The Labute approximate surface area is 115 Å². The fourth-order valence-electron chi connectivity index (χ4n) is 1.95. The number of β-lactam (4-membered cyclic amide) rings is 1. The fourth-order valence-corrected chi connectivity index (χ4v) is 3.16. The van der Waals surface area contributed by atoms with Gasteiger partial charge in [-0.25, -0.2) is 4.79 Å². The summed E-state index contributed by atoms with van der Waals surface area (Å²) in [5.74, 6) is -0.169. The maximum absolute atomic E-state index is 12.0. The number of nitrogens with one attached hydrogen (secondary N) is 1. The first-order valence-corrected chi connectivity index (χ1v) is 6.98. The molecular formula is C12H16N2O4S. The van der Waals surface area contributed by atoms with Gasteiger partial charge in [0.1, 0.15) is 22.7 Å². The van der Waals surface area contributed by atoms with Crippen LogP contribution in [0.3, 0.4) is 0 Å². The molecule has 2 heterocycles. The number of fused-ring (bicyclic) bond motifs is 1. The Morgan fingerprint density at radius 2 is 2.26 bits per heavy atom. The Kier molecular flexibility index (Phi) is 3.58. The zero-order valence-corrected chi connectivity index (χ0v) is 11.8. The maximum Gasteiger partial charge on any atom is 0.355 e. The highest BCUT2D eigenvalue weighted by atomic mass is 32.2. The van der Waals surface area contributed by atoms with Crippen LogP contribution in [0.15, 0.2) is 11.8 Å². The number of amides is 2. The van der Waals surface area contributed by atoms with Gasteiger partial charge in [-0.05, 0) is 26.8 Å². The minimum absolute atomic E-state index is 0.217. The van der Waals surface area contributed by atoms with E-state index in [1.54, 1.807) is 26.8 Å². The monoisotopic (exact) mass is 284 g/mol. The van der Waals surface area contributed by atoms with Gasteiger partial charge in [0, 0.05) is 5.75 Å². The lowest BCUT2D eigenvalue weighted by atomic mass is 10.1. The summed E-state index contributed by atoms with van der Waals surface area (Å²) in [6.45, 7) is 5.32. The van der Waals surface area contributed by atoms with Gasteiger partial charge in [-0.3, -0.25) is 14.5 Å². The third-order valence-corrected chi connectivity index (χ3v) is 3.89. The molecule has 1 fully saturated rings. The first-order valence-electron chi connectivity index (χ1n) is 5.93. The molecule has 104 valence electrons. The van der Waals surface area contributed by atoms with Crippen LogP contribution in [0.5, 0.6) is 0 Å². The smallest absolute Gasteiger partial charge is 0.355 e. The first-order chi connectivity index (χ1) is 8.85. The van der Waals surface area contributed by atoms with Crippen LogP contribution in [0.25, 0.3) is 0 Å². The van der Waals surface area contributed by atoms with E-state index in [1.807, 2.05) is 0 Å². The lowest BCUT2D eigenvalue weighted by Crippen LogP contribution is -2.69. The van der Waals surface area contributed by atoms with Gasteiger partial charge in [-0.15, -0.1) is 11.8 Å². The van der Waals surface area contributed by atoms with Crippen molar-refractivity contribution < 1.29 is 19.1 Å². The molecule has 0 spiro atoms. The molecular weight excluding hydrogens is 268 g/mol. The zero-order chi connectivity index (χ0) is 14.2. The summed E-state index contributed by atoms with van der Waals surface area (Å²) < 4.78 is 5.27. The number of hydrogen-bond acceptors (Lipinski definition) is 5. The van der Waals surface area contributed by atoms with Gasteiger partial charge in [0.25, 0.3) is 5.91 Å². The van der Waals surface area contributed by atoms with Crippen LogP contribution in [0.1, 0.15) is 20.8 Å². The third kappa shape index (κ3) is 2.60. The third-order valence-electron chi connectivity index (χ3n) is 2.70. The standard InChI is InChI=1S/C12H16N2O4S/c1-12(2,3)18-11(17)7-4-5-19-10-8(13-6-15)9(16)14(7)10/h4,6,8,10H,5H2,1-3H3,(H,13,15)/t8-,10-/m1/s1. The number of carbonyl (C=O) groups is 3. The van der Waals surface area contributed by atoms with Gasteiger partial charge in [0.2, 0.25) is 6.41 Å². The van der Waals surface area contributed by atoms with Crippen LogP contribution < -0.4 is 5.32 Å². The number of esters is 1. The van der Waals surface area contributed by atoms with E-state index in [0.29, 0.717) is 12.2 Å². The van der Waals surface area contributed by atoms with E-state index >= 15 is 0 Å². The number of nitrogens with zero attached hydrogens (tertiary/aromatic N) is 1. The second-order valence-corrected chi connectivity index (χ2v) is 6.44. The number of thioether (sulfide) groups is 1. The SMILES string of the molecule is CC(C)(C)OC(=O)C1=CCS[C@@H]2[C@H](NC=O)C(=O)N12. The van der Waals surface area contributed by atoms with Crippen LogP contribution in [-0.4, -0.2) is 46.0 Å². The Morgan fingerprint density at radius 3 is 2.84 bits per heavy atom. The second-order valence-electron chi connectivity index (χ2n) is 5.29. The lowest BCUT2D eigenvalue weighted by Gasteiger charge is -2.48. The van der Waals surface area contributed by atoms with Gasteiger partial charge in [-0.2, -0.15) is 0 Å². The van der Waals surface area contributed by atoms with E-state index in [1.165, 1.54) is 16.7 Å². The molecule has 0 aliphatic carbocycles. The molecule has 0 saturated carbocycles. The minimum Gasteiger partial charge on any atom is -0.455 e. The number of rotatable bonds is 3. The van der Waals surface area contributed by atoms with Gasteiger partial charge >= 0.3 is 5.97 Å². The van der Waals surface area contributed by atoms with Crippen molar-refractivity contribution >= 4 is 30.0 Å². The van der Waals surface area contributed by atoms with Gasteiger partial charge in [-0.1, -0.05) is 0 Å². The van der Waals surface area contributed by atoms with Crippen LogP contribution in [0.4, 0.5) is 0 Å². The van der Waals surface area contributed by atoms with Crippen molar-refractivity contribution in [1.29, 1.82) is 0 Å². The summed E-state index contributed by atoms with van der Waals surface area (Å²) in [6.07, 6.45) is 2.19. The molecule has 2 aliphatic rings. The summed E-state index contributed by atoms with van der Waals surface area (Å²) in [5, 5.41) is 2.25. The first kappa shape index (κ1) is 13.9. The molecule has 2 rings (SSSR count). The normalized spacial score (nSPS) is 25.9. The van der Waals surface area contributed by atoms with E-state index in [0.717, 1.165) is 0 Å². The Balaban J connectivity index is 2.12. The molecule has 0 aromatic rings. The molecule has 0 aromatic heterocycles. The summed E-state index contributed by atoms with van der Waals surface area (Å²) >= 11 is 1.50. The van der Waals surface area contributed by atoms with E-state index in [9.17, 15) is 14.4 Å². The maximum atomic E-state index is 12.0. The van der Waals surface area contributed by atoms with Crippen molar-refractivity contribution in [2.24, 2.45) is 0 Å². The van der Waals surface area contributed by atoms with Crippen LogP contribution in [-0.2, 0) is 19.1 Å². The molecule has 19 heavy (non-hydrogen) atoms. The molecule has 2 aliphatic heterocycles. The molecule has 0 bridgehead atoms. The minimum atomic E-state index is -0.605. The average molecular weight is 284 g/mol. The van der Waals surface area contributed by atoms with Gasteiger partial charge in [0.15, 0.2) is 0 Å². The highest BCUT2D eigenvalue weighted by molar-refractivity contribution is 8.00. The summed E-state index contributed by atoms with van der Waals surface area (Å²) in [6, 6.07) is -0.548. The molecule has 0 unspecified atom stereocenters. The number of ether oxygens (including phenoxy) is 1. The number of hydrogen-bond donors (Lipinski definition) is 1. The number of carbonyl (C=O) groups excluding carboxylic acids is 3. The molecule has 0 aromatic carbocycles. The fraction of sp³-hybridized carbons (Fsp3) is 0.583.